The minimum Gasteiger partial charge on any atom is -0.443 e. The Morgan fingerprint density at radius 3 is 2.38 bits per heavy atom. The fourth-order valence-electron chi connectivity index (χ4n) is 2.95. The van der Waals surface area contributed by atoms with Crippen LogP contribution in [-0.2, 0) is 18.5 Å². The summed E-state index contributed by atoms with van der Waals surface area (Å²) in [4.78, 5) is 11.1. The molecule has 29 heavy (non-hydrogen) atoms. The average Bonchev–Trinajstić information content (AvgIpc) is 3.19. The molecule has 1 aromatic carbocycles. The van der Waals surface area contributed by atoms with Gasteiger partial charge in [0.15, 0.2) is 5.96 Å². The molecule has 0 spiro atoms. The lowest BCUT2D eigenvalue weighted by Gasteiger charge is -2.28. The molecule has 0 amide bonds. The quantitative estimate of drug-likeness (QED) is 0.347. The Kier molecular flexibility index (Phi) is 9.13. The van der Waals surface area contributed by atoms with Crippen molar-refractivity contribution in [1.82, 2.24) is 15.6 Å². The highest BCUT2D eigenvalue weighted by atomic mass is 127. The summed E-state index contributed by atoms with van der Waals surface area (Å²) < 4.78 is 5.81. The minimum atomic E-state index is -0.0373. The topological polar surface area (TPSA) is 65.7 Å². The van der Waals surface area contributed by atoms with Crippen molar-refractivity contribution < 1.29 is 4.42 Å². The van der Waals surface area contributed by atoms with Crippen molar-refractivity contribution in [2.24, 2.45) is 4.99 Å². The highest BCUT2D eigenvalue weighted by Gasteiger charge is 2.19. The minimum absolute atomic E-state index is 0. The second kappa shape index (κ2) is 11.1. The first-order valence-electron chi connectivity index (χ1n) is 9.77. The van der Waals surface area contributed by atoms with Crippen LogP contribution in [0, 0.1) is 0 Å². The molecule has 6 nitrogen and oxygen atoms in total. The molecule has 2 heterocycles. The number of guanidine groups is 1. The van der Waals surface area contributed by atoms with Crippen LogP contribution in [0.5, 0.6) is 0 Å². The molecular formula is C21H32IN5OS. The summed E-state index contributed by atoms with van der Waals surface area (Å²) in [5.74, 6) is 4.71. The third kappa shape index (κ3) is 7.09. The number of aromatic nitrogens is 1. The number of rotatable bonds is 5. The van der Waals surface area contributed by atoms with Crippen LogP contribution in [0.25, 0.3) is 0 Å². The molecule has 1 aliphatic rings. The molecule has 0 bridgehead atoms. The van der Waals surface area contributed by atoms with Gasteiger partial charge < -0.3 is 20.0 Å². The van der Waals surface area contributed by atoms with Crippen LogP contribution >= 0.6 is 35.7 Å². The normalized spacial score (nSPS) is 15.0. The van der Waals surface area contributed by atoms with Crippen molar-refractivity contribution in [1.29, 1.82) is 0 Å². The maximum Gasteiger partial charge on any atom is 0.213 e. The maximum absolute atomic E-state index is 5.81. The Hall–Kier alpha value is -1.42. The number of oxazole rings is 1. The summed E-state index contributed by atoms with van der Waals surface area (Å²) in [5.41, 5.74) is 2.50. The van der Waals surface area contributed by atoms with Gasteiger partial charge in [-0.05, 0) is 17.7 Å². The summed E-state index contributed by atoms with van der Waals surface area (Å²) in [6.07, 6.45) is 1.80. The Morgan fingerprint density at radius 1 is 1.14 bits per heavy atom. The lowest BCUT2D eigenvalue weighted by atomic mass is 9.94. The largest absolute Gasteiger partial charge is 0.443 e. The Bertz CT molecular complexity index is 779. The Balaban J connectivity index is 0.00000300. The Labute approximate surface area is 195 Å². The summed E-state index contributed by atoms with van der Waals surface area (Å²) in [6.45, 7) is 9.83. The zero-order valence-corrected chi connectivity index (χ0v) is 20.8. The molecule has 2 aromatic rings. The molecule has 2 N–H and O–H groups in total. The maximum atomic E-state index is 5.81. The van der Waals surface area contributed by atoms with Gasteiger partial charge in [-0.1, -0.05) is 32.9 Å². The van der Waals surface area contributed by atoms with E-state index in [1.807, 2.05) is 11.8 Å². The number of benzene rings is 1. The molecule has 0 saturated carbocycles. The fraction of sp³-hybridized carbons (Fsp3) is 0.524. The van der Waals surface area contributed by atoms with Gasteiger partial charge in [0.2, 0.25) is 5.89 Å². The molecule has 0 atom stereocenters. The first-order chi connectivity index (χ1) is 13.5. The first kappa shape index (κ1) is 23.9. The second-order valence-electron chi connectivity index (χ2n) is 7.91. The number of aliphatic imine (C=N–C) groups is 1. The number of hydrogen-bond donors (Lipinski definition) is 2. The lowest BCUT2D eigenvalue weighted by Crippen LogP contribution is -2.36. The van der Waals surface area contributed by atoms with Crippen LogP contribution in [0.4, 0.5) is 5.69 Å². The third-order valence-electron chi connectivity index (χ3n) is 4.70. The summed E-state index contributed by atoms with van der Waals surface area (Å²) in [5, 5.41) is 6.60. The zero-order chi connectivity index (χ0) is 20.0. The fourth-order valence-corrected chi connectivity index (χ4v) is 3.85. The summed E-state index contributed by atoms with van der Waals surface area (Å²) in [6, 6.07) is 8.79. The predicted octanol–water partition coefficient (Wildman–Crippen LogP) is 4.01. The van der Waals surface area contributed by atoms with Crippen molar-refractivity contribution in [3.05, 3.63) is 47.7 Å². The third-order valence-corrected chi connectivity index (χ3v) is 5.64. The molecule has 1 saturated heterocycles. The van der Waals surface area contributed by atoms with Crippen molar-refractivity contribution in [3.8, 4) is 0 Å². The number of nitrogens with zero attached hydrogens (tertiary/aromatic N) is 3. The van der Waals surface area contributed by atoms with E-state index in [4.69, 9.17) is 4.42 Å². The van der Waals surface area contributed by atoms with E-state index in [1.165, 1.54) is 22.8 Å². The SMILES string of the molecule is CN=C(NCc1ccc(N2CCSCC2)cc1)NCc1ncc(C(C)(C)C)o1.I. The molecule has 3 rings (SSSR count). The van der Waals surface area contributed by atoms with E-state index in [9.17, 15) is 0 Å². The van der Waals surface area contributed by atoms with E-state index in [-0.39, 0.29) is 29.4 Å². The van der Waals surface area contributed by atoms with Gasteiger partial charge in [0, 0.05) is 49.3 Å². The standard InChI is InChI=1S/C21H31N5OS.HI/c1-21(2,3)18-14-23-19(27-18)15-25-20(22-4)24-13-16-5-7-17(8-6-16)26-9-11-28-12-10-26;/h5-8,14H,9-13,15H2,1-4H3,(H2,22,24,25);1H. The molecule has 1 fully saturated rings. The second-order valence-corrected chi connectivity index (χ2v) is 9.14. The van der Waals surface area contributed by atoms with E-state index < -0.39 is 0 Å². The molecule has 1 aliphatic heterocycles. The van der Waals surface area contributed by atoms with E-state index in [1.54, 1.807) is 13.2 Å². The first-order valence-corrected chi connectivity index (χ1v) is 10.9. The number of nitrogens with one attached hydrogen (secondary N) is 2. The summed E-state index contributed by atoms with van der Waals surface area (Å²) >= 11 is 2.03. The highest BCUT2D eigenvalue weighted by Crippen LogP contribution is 2.22. The van der Waals surface area contributed by atoms with Crippen LogP contribution in [0.1, 0.15) is 38.0 Å². The number of thioether (sulfide) groups is 1. The van der Waals surface area contributed by atoms with Crippen molar-refractivity contribution in [2.75, 3.05) is 36.5 Å². The van der Waals surface area contributed by atoms with Crippen molar-refractivity contribution >= 4 is 47.4 Å². The smallest absolute Gasteiger partial charge is 0.213 e. The Morgan fingerprint density at radius 2 is 1.79 bits per heavy atom. The molecule has 0 aliphatic carbocycles. The molecule has 1 aromatic heterocycles. The average molecular weight is 529 g/mol. The number of hydrogen-bond acceptors (Lipinski definition) is 5. The molecule has 160 valence electrons. The van der Waals surface area contributed by atoms with Gasteiger partial charge in [0.25, 0.3) is 0 Å². The van der Waals surface area contributed by atoms with Gasteiger partial charge in [-0.3, -0.25) is 4.99 Å². The lowest BCUT2D eigenvalue weighted by molar-refractivity contribution is 0.379. The van der Waals surface area contributed by atoms with Crippen LogP contribution in [-0.4, -0.2) is 42.6 Å². The van der Waals surface area contributed by atoms with Crippen LogP contribution in [0.2, 0.25) is 0 Å². The predicted molar refractivity (Wildman–Crippen MR) is 134 cm³/mol. The van der Waals surface area contributed by atoms with Gasteiger partial charge >= 0.3 is 0 Å². The molecule has 0 radical (unpaired) electrons. The summed E-state index contributed by atoms with van der Waals surface area (Å²) in [7, 11) is 1.77. The van der Waals surface area contributed by atoms with E-state index in [0.29, 0.717) is 19.0 Å². The van der Waals surface area contributed by atoms with Gasteiger partial charge in [0.1, 0.15) is 5.76 Å². The van der Waals surface area contributed by atoms with Gasteiger partial charge in [-0.2, -0.15) is 11.8 Å². The number of halogens is 1. The van der Waals surface area contributed by atoms with Crippen molar-refractivity contribution in [2.45, 2.75) is 39.3 Å². The van der Waals surface area contributed by atoms with Crippen LogP contribution < -0.4 is 15.5 Å². The molecular weight excluding hydrogens is 497 g/mol. The highest BCUT2D eigenvalue weighted by molar-refractivity contribution is 14.0. The van der Waals surface area contributed by atoms with Gasteiger partial charge in [-0.25, -0.2) is 4.98 Å². The number of anilines is 1. The monoisotopic (exact) mass is 529 g/mol. The van der Waals surface area contributed by atoms with Crippen LogP contribution in [0.15, 0.2) is 39.9 Å². The zero-order valence-electron chi connectivity index (χ0n) is 17.7. The molecule has 0 unspecified atom stereocenters. The van der Waals surface area contributed by atoms with Crippen molar-refractivity contribution in [3.63, 3.8) is 0 Å². The van der Waals surface area contributed by atoms with E-state index >= 15 is 0 Å². The van der Waals surface area contributed by atoms with Gasteiger partial charge in [0.05, 0.1) is 12.7 Å². The molecule has 8 heteroatoms. The van der Waals surface area contributed by atoms with Crippen LogP contribution in [0.3, 0.4) is 0 Å². The van der Waals surface area contributed by atoms with E-state index in [2.05, 4.69) is 70.5 Å². The van der Waals surface area contributed by atoms with Gasteiger partial charge in [-0.15, -0.1) is 24.0 Å². The van der Waals surface area contributed by atoms with E-state index in [0.717, 1.165) is 24.8 Å².